The first-order chi connectivity index (χ1) is 7.11. The molecule has 0 bridgehead atoms. The topological polar surface area (TPSA) is 109 Å². The Hall–Kier alpha value is -2.18. The summed E-state index contributed by atoms with van der Waals surface area (Å²) in [5.41, 5.74) is -1.90. The maximum absolute atomic E-state index is 11.2. The molecule has 1 aromatic rings. The minimum absolute atomic E-state index is 0.112. The molecule has 2 N–H and O–H groups in total. The third-order valence-corrected chi connectivity index (χ3v) is 1.63. The second kappa shape index (κ2) is 4.36. The molecule has 0 aliphatic heterocycles. The van der Waals surface area contributed by atoms with E-state index in [1.165, 1.54) is 0 Å². The van der Waals surface area contributed by atoms with Gasteiger partial charge in [-0.1, -0.05) is 0 Å². The van der Waals surface area contributed by atoms with Crippen molar-refractivity contribution < 1.29 is 14.6 Å². The summed E-state index contributed by atoms with van der Waals surface area (Å²) in [5.74, 6) is -1.61. The zero-order chi connectivity index (χ0) is 11.4. The Kier molecular flexibility index (Phi) is 3.17. The van der Waals surface area contributed by atoms with Gasteiger partial charge in [0.1, 0.15) is 5.56 Å². The number of aromatic nitrogens is 1. The van der Waals surface area contributed by atoms with Crippen LogP contribution in [0.3, 0.4) is 0 Å². The third-order valence-electron chi connectivity index (χ3n) is 1.63. The first-order valence-electron chi connectivity index (χ1n) is 4.07. The highest BCUT2D eigenvalue weighted by atomic mass is 16.5. The summed E-state index contributed by atoms with van der Waals surface area (Å²) >= 11 is 0. The Labute approximate surface area is 83.7 Å². The summed E-state index contributed by atoms with van der Waals surface area (Å²) in [4.78, 5) is 34.4. The molecule has 0 spiro atoms. The number of nitroso groups, excluding NO2 is 1. The van der Waals surface area contributed by atoms with E-state index in [-0.39, 0.29) is 12.2 Å². The van der Waals surface area contributed by atoms with Crippen LogP contribution in [0.2, 0.25) is 0 Å². The molecular formula is C8H8N2O5. The number of pyridine rings is 1. The van der Waals surface area contributed by atoms with Gasteiger partial charge in [0.05, 0.1) is 6.61 Å². The number of hydrogen-bond acceptors (Lipinski definition) is 6. The molecule has 0 saturated carbocycles. The van der Waals surface area contributed by atoms with E-state index in [2.05, 4.69) is 14.9 Å². The van der Waals surface area contributed by atoms with Crippen LogP contribution in [0, 0.1) is 4.91 Å². The Bertz CT molecular complexity index is 451. The molecule has 0 amide bonds. The van der Waals surface area contributed by atoms with Crippen LogP contribution in [-0.2, 0) is 4.74 Å². The molecule has 1 rings (SSSR count). The van der Waals surface area contributed by atoms with E-state index < -0.39 is 23.0 Å². The molecule has 7 nitrogen and oxygen atoms in total. The maximum atomic E-state index is 11.2. The minimum atomic E-state index is -0.865. The van der Waals surface area contributed by atoms with E-state index in [0.29, 0.717) is 0 Å². The van der Waals surface area contributed by atoms with Gasteiger partial charge in [-0.2, -0.15) is 0 Å². The number of carbonyl (C=O) groups excluding carboxylic acids is 1. The number of carbonyl (C=O) groups is 1. The molecule has 0 aliphatic carbocycles. The number of hydrogen-bond donors (Lipinski definition) is 2. The summed E-state index contributed by atoms with van der Waals surface area (Å²) in [6.07, 6.45) is 0.963. The summed E-state index contributed by atoms with van der Waals surface area (Å²) in [5, 5.41) is 11.7. The van der Waals surface area contributed by atoms with Gasteiger partial charge < -0.3 is 14.8 Å². The lowest BCUT2D eigenvalue weighted by molar-refractivity contribution is 0.0522. The first-order valence-corrected chi connectivity index (χ1v) is 4.07. The lowest BCUT2D eigenvalue weighted by Crippen LogP contribution is -2.11. The van der Waals surface area contributed by atoms with Gasteiger partial charge in [-0.25, -0.2) is 4.79 Å². The Morgan fingerprint density at radius 2 is 2.33 bits per heavy atom. The van der Waals surface area contributed by atoms with E-state index in [0.717, 1.165) is 6.20 Å². The lowest BCUT2D eigenvalue weighted by atomic mass is 10.2. The van der Waals surface area contributed by atoms with Crippen LogP contribution in [0.15, 0.2) is 16.2 Å². The average molecular weight is 212 g/mol. The third kappa shape index (κ3) is 2.01. The van der Waals surface area contributed by atoms with Crippen LogP contribution >= 0.6 is 0 Å². The summed E-state index contributed by atoms with van der Waals surface area (Å²) in [6.45, 7) is 1.70. The molecule has 1 aromatic heterocycles. The van der Waals surface area contributed by atoms with Gasteiger partial charge in [0, 0.05) is 6.20 Å². The standard InChI is InChI=1S/C8H8N2O5/c1-2-15-8(13)4-3-9-7(12)5(10-14)6(4)11/h3H,2H2,1H3,(H2,9,11,12). The number of esters is 1. The fourth-order valence-electron chi connectivity index (χ4n) is 0.959. The van der Waals surface area contributed by atoms with Gasteiger partial charge in [0.15, 0.2) is 5.75 Å². The molecule has 80 valence electrons. The predicted molar refractivity (Wildman–Crippen MR) is 50.1 cm³/mol. The van der Waals surface area contributed by atoms with Crippen LogP contribution in [0.5, 0.6) is 5.75 Å². The van der Waals surface area contributed by atoms with E-state index in [4.69, 9.17) is 0 Å². The summed E-state index contributed by atoms with van der Waals surface area (Å²) in [6, 6.07) is 0. The Morgan fingerprint density at radius 1 is 1.67 bits per heavy atom. The number of ether oxygens (including phenoxy) is 1. The Balaban J connectivity index is 3.27. The molecule has 0 radical (unpaired) electrons. The monoisotopic (exact) mass is 212 g/mol. The number of aromatic amines is 1. The van der Waals surface area contributed by atoms with Crippen LogP contribution in [0.25, 0.3) is 0 Å². The van der Waals surface area contributed by atoms with Gasteiger partial charge >= 0.3 is 5.97 Å². The minimum Gasteiger partial charge on any atom is -0.505 e. The highest BCUT2D eigenvalue weighted by Gasteiger charge is 2.18. The van der Waals surface area contributed by atoms with Gasteiger partial charge in [-0.15, -0.1) is 4.91 Å². The molecule has 0 atom stereocenters. The molecule has 1 heterocycles. The first kappa shape index (κ1) is 10.9. The van der Waals surface area contributed by atoms with E-state index in [9.17, 15) is 19.6 Å². The molecule has 0 unspecified atom stereocenters. The van der Waals surface area contributed by atoms with Crippen molar-refractivity contribution in [2.45, 2.75) is 6.92 Å². The van der Waals surface area contributed by atoms with Crippen LogP contribution in [0.4, 0.5) is 5.69 Å². The quantitative estimate of drug-likeness (QED) is 0.564. The molecule has 0 aliphatic rings. The average Bonchev–Trinajstić information content (AvgIpc) is 2.18. The highest BCUT2D eigenvalue weighted by Crippen LogP contribution is 2.25. The van der Waals surface area contributed by atoms with Crippen molar-refractivity contribution in [2.75, 3.05) is 6.61 Å². The normalized spacial score (nSPS) is 9.67. The van der Waals surface area contributed by atoms with Gasteiger partial charge in [0.2, 0.25) is 5.69 Å². The van der Waals surface area contributed by atoms with Crippen molar-refractivity contribution >= 4 is 11.7 Å². The summed E-state index contributed by atoms with van der Waals surface area (Å²) < 4.78 is 4.58. The van der Waals surface area contributed by atoms with E-state index in [1.807, 2.05) is 0 Å². The fraction of sp³-hybridized carbons (Fsp3) is 0.250. The van der Waals surface area contributed by atoms with Crippen LogP contribution in [0.1, 0.15) is 17.3 Å². The predicted octanol–water partition coefficient (Wildman–Crippen LogP) is 0.655. The van der Waals surface area contributed by atoms with Crippen molar-refractivity contribution in [3.05, 3.63) is 27.0 Å². The molecule has 7 heteroatoms. The number of aromatic hydroxyl groups is 1. The van der Waals surface area contributed by atoms with Crippen molar-refractivity contribution in [2.24, 2.45) is 5.18 Å². The van der Waals surface area contributed by atoms with E-state index >= 15 is 0 Å². The number of rotatable bonds is 3. The maximum Gasteiger partial charge on any atom is 0.343 e. The lowest BCUT2D eigenvalue weighted by Gasteiger charge is -2.03. The Morgan fingerprint density at radius 3 is 2.87 bits per heavy atom. The van der Waals surface area contributed by atoms with Crippen molar-refractivity contribution in [1.82, 2.24) is 4.98 Å². The van der Waals surface area contributed by atoms with Gasteiger partial charge in [0.25, 0.3) is 5.56 Å². The smallest absolute Gasteiger partial charge is 0.343 e. The molecule has 15 heavy (non-hydrogen) atoms. The molecular weight excluding hydrogens is 204 g/mol. The van der Waals surface area contributed by atoms with Crippen molar-refractivity contribution in [3.8, 4) is 5.75 Å². The summed E-state index contributed by atoms with van der Waals surface area (Å²) in [7, 11) is 0. The van der Waals surface area contributed by atoms with Crippen LogP contribution < -0.4 is 5.56 Å². The zero-order valence-electron chi connectivity index (χ0n) is 7.81. The SMILES string of the molecule is CCOC(=O)c1c[nH]c(=O)c(N=O)c1O. The van der Waals surface area contributed by atoms with Crippen molar-refractivity contribution in [3.63, 3.8) is 0 Å². The van der Waals surface area contributed by atoms with Crippen LogP contribution in [-0.4, -0.2) is 22.7 Å². The largest absolute Gasteiger partial charge is 0.505 e. The zero-order valence-corrected chi connectivity index (χ0v) is 7.81. The number of nitrogens with zero attached hydrogens (tertiary/aromatic N) is 1. The molecule has 0 fully saturated rings. The fourth-order valence-corrected chi connectivity index (χ4v) is 0.959. The van der Waals surface area contributed by atoms with Crippen molar-refractivity contribution in [1.29, 1.82) is 0 Å². The second-order valence-electron chi connectivity index (χ2n) is 2.54. The highest BCUT2D eigenvalue weighted by molar-refractivity contribution is 5.93. The van der Waals surface area contributed by atoms with E-state index in [1.54, 1.807) is 6.92 Å². The number of nitrogens with one attached hydrogen (secondary N) is 1. The second-order valence-corrected chi connectivity index (χ2v) is 2.54. The number of H-pyrrole nitrogens is 1. The molecule has 0 aromatic carbocycles. The molecule has 0 saturated heterocycles. The van der Waals surface area contributed by atoms with Gasteiger partial charge in [-0.3, -0.25) is 4.79 Å². The van der Waals surface area contributed by atoms with Gasteiger partial charge in [-0.05, 0) is 12.1 Å².